The third-order valence-electron chi connectivity index (χ3n) is 8.27. The van der Waals surface area contributed by atoms with Crippen LogP contribution in [0, 0.1) is 23.2 Å². The maximum absolute atomic E-state index is 13.0. The average Bonchev–Trinajstić information content (AvgIpc) is 3.76. The van der Waals surface area contributed by atoms with Crippen molar-refractivity contribution in [2.45, 2.75) is 50.5 Å². The van der Waals surface area contributed by atoms with Gasteiger partial charge in [-0.3, -0.25) is 9.59 Å². The highest BCUT2D eigenvalue weighted by molar-refractivity contribution is 5.95. The Morgan fingerprint density at radius 3 is 2.58 bits per heavy atom. The Morgan fingerprint density at radius 1 is 1.03 bits per heavy atom. The van der Waals surface area contributed by atoms with Crippen LogP contribution in [-0.2, 0) is 4.79 Å². The summed E-state index contributed by atoms with van der Waals surface area (Å²) in [5.74, 6) is 2.30. The Morgan fingerprint density at radius 2 is 1.86 bits per heavy atom. The van der Waals surface area contributed by atoms with Crippen LogP contribution in [0.4, 0.5) is 5.82 Å². The molecule has 1 aliphatic heterocycles. The first kappa shape index (κ1) is 21.6. The van der Waals surface area contributed by atoms with Crippen LogP contribution >= 0.6 is 0 Å². The fourth-order valence-corrected chi connectivity index (χ4v) is 5.87. The van der Waals surface area contributed by atoms with Gasteiger partial charge in [0.15, 0.2) is 0 Å². The van der Waals surface area contributed by atoms with Crippen molar-refractivity contribution in [2.24, 2.45) is 11.8 Å². The molecule has 0 spiro atoms. The molecule has 1 saturated heterocycles. The lowest BCUT2D eigenvalue weighted by molar-refractivity contribution is -0.135. The van der Waals surface area contributed by atoms with Gasteiger partial charge in [0.1, 0.15) is 11.9 Å². The van der Waals surface area contributed by atoms with Gasteiger partial charge in [0, 0.05) is 54.0 Å². The summed E-state index contributed by atoms with van der Waals surface area (Å²) in [5, 5.41) is 11.2. The zero-order valence-electron chi connectivity index (χ0n) is 20.2. The highest BCUT2D eigenvalue weighted by atomic mass is 16.2. The third-order valence-corrected chi connectivity index (χ3v) is 8.27. The molecular weight excluding hydrogens is 450 g/mol. The number of hydrogen-bond acceptors (Lipinski definition) is 5. The van der Waals surface area contributed by atoms with E-state index in [1.54, 1.807) is 6.07 Å². The molecule has 3 saturated carbocycles. The van der Waals surface area contributed by atoms with Gasteiger partial charge in [0.2, 0.25) is 11.5 Å². The molecule has 4 aliphatic rings. The summed E-state index contributed by atoms with van der Waals surface area (Å²) in [6.07, 6.45) is 6.63. The van der Waals surface area contributed by atoms with Gasteiger partial charge >= 0.3 is 0 Å². The lowest BCUT2D eigenvalue weighted by Gasteiger charge is -2.43. The van der Waals surface area contributed by atoms with Crippen molar-refractivity contribution in [1.29, 1.82) is 5.26 Å². The Hall–Kier alpha value is -3.66. The summed E-state index contributed by atoms with van der Waals surface area (Å²) in [6.45, 7) is 2.17. The standard InChI is InChI=1S/C29H29N5O2/c30-15-20-14-23(21-2-1-3-24-22(21)10-11-26(35)31-24)27(18-6-7-18)32-28(20)33-12-13-34(29(36)19-8-9-19)25(16-33)17-4-5-17/h1-3,10-11,14,17-19,25H,4-9,12-13,16H2,(H,31,35)/t25-/m0/s1. The average molecular weight is 480 g/mol. The summed E-state index contributed by atoms with van der Waals surface area (Å²) in [4.78, 5) is 37.4. The van der Waals surface area contributed by atoms with Crippen LogP contribution in [0.25, 0.3) is 22.0 Å². The molecule has 3 heterocycles. The molecule has 7 rings (SSSR count). The number of carbonyl (C=O) groups is 1. The molecule has 2 aromatic heterocycles. The Labute approximate surface area is 209 Å². The van der Waals surface area contributed by atoms with E-state index in [0.717, 1.165) is 65.8 Å². The molecule has 1 N–H and O–H groups in total. The first-order chi connectivity index (χ1) is 17.6. The first-order valence-corrected chi connectivity index (χ1v) is 13.2. The Balaban J connectivity index is 1.29. The van der Waals surface area contributed by atoms with Crippen molar-refractivity contribution >= 4 is 22.6 Å². The summed E-state index contributed by atoms with van der Waals surface area (Å²) >= 11 is 0. The molecule has 0 unspecified atom stereocenters. The second-order valence-electron chi connectivity index (χ2n) is 10.9. The van der Waals surface area contributed by atoms with E-state index < -0.39 is 0 Å². The monoisotopic (exact) mass is 479 g/mol. The molecule has 3 aliphatic carbocycles. The number of benzene rings is 1. The SMILES string of the molecule is N#Cc1cc(-c2cccc3[nH]c(=O)ccc23)c(C2CC2)nc1N1CCN(C(=O)C2CC2)[C@H](C2CC2)C1. The quantitative estimate of drug-likeness (QED) is 0.593. The number of anilines is 1. The predicted octanol–water partition coefficient (Wildman–Crippen LogP) is 4.18. The largest absolute Gasteiger partial charge is 0.352 e. The van der Waals surface area contributed by atoms with E-state index in [0.29, 0.717) is 36.4 Å². The molecule has 0 bridgehead atoms. The molecule has 1 amide bonds. The first-order valence-electron chi connectivity index (χ1n) is 13.2. The van der Waals surface area contributed by atoms with Crippen molar-refractivity contribution in [2.75, 3.05) is 24.5 Å². The number of nitrogens with zero attached hydrogens (tertiary/aromatic N) is 4. The van der Waals surface area contributed by atoms with Crippen LogP contribution in [0.5, 0.6) is 0 Å². The fourth-order valence-electron chi connectivity index (χ4n) is 5.87. The summed E-state index contributed by atoms with van der Waals surface area (Å²) < 4.78 is 0. The third kappa shape index (κ3) is 3.76. The maximum atomic E-state index is 13.0. The van der Waals surface area contributed by atoms with Crippen LogP contribution < -0.4 is 10.5 Å². The molecular formula is C29H29N5O2. The van der Waals surface area contributed by atoms with Gasteiger partial charge in [0.25, 0.3) is 0 Å². The van der Waals surface area contributed by atoms with E-state index in [4.69, 9.17) is 4.98 Å². The lowest BCUT2D eigenvalue weighted by Crippen LogP contribution is -2.57. The number of aromatic nitrogens is 2. The van der Waals surface area contributed by atoms with Crippen LogP contribution in [-0.4, -0.2) is 46.5 Å². The fraction of sp³-hybridized carbons (Fsp3) is 0.448. The van der Waals surface area contributed by atoms with Crippen LogP contribution in [0.3, 0.4) is 0 Å². The van der Waals surface area contributed by atoms with Gasteiger partial charge in [0.05, 0.1) is 17.3 Å². The van der Waals surface area contributed by atoms with Gasteiger partial charge in [-0.25, -0.2) is 4.98 Å². The van der Waals surface area contributed by atoms with E-state index in [2.05, 4.69) is 26.9 Å². The molecule has 36 heavy (non-hydrogen) atoms. The number of rotatable bonds is 5. The van der Waals surface area contributed by atoms with Crippen LogP contribution in [0.2, 0.25) is 0 Å². The highest BCUT2D eigenvalue weighted by Gasteiger charge is 2.45. The number of fused-ring (bicyclic) bond motifs is 1. The van der Waals surface area contributed by atoms with Crippen molar-refractivity contribution in [3.63, 3.8) is 0 Å². The van der Waals surface area contributed by atoms with Crippen molar-refractivity contribution in [3.8, 4) is 17.2 Å². The number of nitriles is 1. The molecule has 1 atom stereocenters. The molecule has 1 aromatic carbocycles. The van der Waals surface area contributed by atoms with E-state index in [1.807, 2.05) is 24.3 Å². The number of pyridine rings is 2. The minimum absolute atomic E-state index is 0.127. The van der Waals surface area contributed by atoms with E-state index in [-0.39, 0.29) is 17.5 Å². The lowest BCUT2D eigenvalue weighted by atomic mass is 9.95. The van der Waals surface area contributed by atoms with Crippen LogP contribution in [0.15, 0.2) is 41.2 Å². The minimum Gasteiger partial charge on any atom is -0.352 e. The summed E-state index contributed by atoms with van der Waals surface area (Å²) in [5.41, 5.74) is 4.26. The number of nitrogens with one attached hydrogen (secondary N) is 1. The van der Waals surface area contributed by atoms with Crippen molar-refractivity contribution < 1.29 is 4.79 Å². The maximum Gasteiger partial charge on any atom is 0.248 e. The molecule has 0 radical (unpaired) electrons. The van der Waals surface area contributed by atoms with Gasteiger partial charge in [-0.2, -0.15) is 5.26 Å². The number of aromatic amines is 1. The second kappa shape index (κ2) is 8.19. The minimum atomic E-state index is -0.127. The highest BCUT2D eigenvalue weighted by Crippen LogP contribution is 2.46. The number of carbonyl (C=O) groups excluding carboxylic acids is 1. The Bertz CT molecular complexity index is 1480. The van der Waals surface area contributed by atoms with Crippen molar-refractivity contribution in [1.82, 2.24) is 14.9 Å². The van der Waals surface area contributed by atoms with Crippen LogP contribution in [0.1, 0.15) is 55.7 Å². The van der Waals surface area contributed by atoms with Gasteiger partial charge in [-0.15, -0.1) is 0 Å². The molecule has 4 fully saturated rings. The van der Waals surface area contributed by atoms with Gasteiger partial charge in [-0.05, 0) is 68.2 Å². The summed E-state index contributed by atoms with van der Waals surface area (Å²) in [7, 11) is 0. The predicted molar refractivity (Wildman–Crippen MR) is 138 cm³/mol. The molecule has 7 nitrogen and oxygen atoms in total. The zero-order valence-corrected chi connectivity index (χ0v) is 20.2. The van der Waals surface area contributed by atoms with E-state index in [9.17, 15) is 14.9 Å². The number of piperazine rings is 1. The normalized spacial score (nSPS) is 22.0. The molecule has 7 heteroatoms. The van der Waals surface area contributed by atoms with Gasteiger partial charge in [-0.1, -0.05) is 12.1 Å². The smallest absolute Gasteiger partial charge is 0.248 e. The Kier molecular flexibility index (Phi) is 4.92. The second-order valence-corrected chi connectivity index (χ2v) is 10.9. The van der Waals surface area contributed by atoms with Crippen molar-refractivity contribution in [3.05, 3.63) is 58.0 Å². The molecule has 182 valence electrons. The molecule has 3 aromatic rings. The van der Waals surface area contributed by atoms with Gasteiger partial charge < -0.3 is 14.8 Å². The number of amides is 1. The number of H-pyrrole nitrogens is 1. The van der Waals surface area contributed by atoms with E-state index >= 15 is 0 Å². The summed E-state index contributed by atoms with van der Waals surface area (Å²) in [6, 6.07) is 14.0. The zero-order chi connectivity index (χ0) is 24.4. The van der Waals surface area contributed by atoms with E-state index in [1.165, 1.54) is 12.8 Å². The topological polar surface area (TPSA) is 93.1 Å². The number of hydrogen-bond donors (Lipinski definition) is 1.